The number of nitrogens with two attached hydrogens (primary N) is 1. The molecular weight excluding hydrogens is 198 g/mol. The Hall–Kier alpha value is -1.61. The molecule has 1 unspecified atom stereocenters. The average molecular weight is 213 g/mol. The highest BCUT2D eigenvalue weighted by molar-refractivity contribution is 5.82. The highest BCUT2D eigenvalue weighted by atomic mass is 15.2. The third-order valence-corrected chi connectivity index (χ3v) is 3.18. The van der Waals surface area contributed by atoms with Gasteiger partial charge in [-0.1, -0.05) is 6.07 Å². The van der Waals surface area contributed by atoms with Crippen molar-refractivity contribution in [2.45, 2.75) is 12.5 Å². The number of rotatable bonds is 1. The molecule has 2 aromatic rings. The monoisotopic (exact) mass is 213 g/mol. The summed E-state index contributed by atoms with van der Waals surface area (Å²) in [6.45, 7) is 2.03. The van der Waals surface area contributed by atoms with Crippen LogP contribution in [-0.2, 0) is 0 Å². The number of hydrogen-bond acceptors (Lipinski definition) is 3. The number of anilines is 1. The summed E-state index contributed by atoms with van der Waals surface area (Å²) in [4.78, 5) is 6.67. The van der Waals surface area contributed by atoms with Gasteiger partial charge in [0.2, 0.25) is 0 Å². The van der Waals surface area contributed by atoms with Crippen molar-refractivity contribution >= 4 is 16.6 Å². The molecule has 3 nitrogen and oxygen atoms in total. The van der Waals surface area contributed by atoms with Crippen LogP contribution in [0.1, 0.15) is 6.42 Å². The Labute approximate surface area is 94.9 Å². The van der Waals surface area contributed by atoms with Crippen molar-refractivity contribution < 1.29 is 0 Å². The van der Waals surface area contributed by atoms with E-state index in [-0.39, 0.29) is 0 Å². The zero-order chi connectivity index (χ0) is 11.0. The number of aromatic nitrogens is 1. The summed E-state index contributed by atoms with van der Waals surface area (Å²) >= 11 is 0. The van der Waals surface area contributed by atoms with E-state index in [1.165, 1.54) is 11.1 Å². The smallest absolute Gasteiger partial charge is 0.0703 e. The van der Waals surface area contributed by atoms with Crippen LogP contribution in [0.4, 0.5) is 5.69 Å². The molecule has 1 aromatic heterocycles. The second-order valence-electron chi connectivity index (χ2n) is 4.38. The Morgan fingerprint density at radius 1 is 1.31 bits per heavy atom. The molecule has 0 amide bonds. The number of hydrogen-bond donors (Lipinski definition) is 1. The molecule has 0 spiro atoms. The molecule has 1 atom stereocenters. The zero-order valence-electron chi connectivity index (χ0n) is 9.13. The third kappa shape index (κ3) is 1.63. The molecule has 2 N–H and O–H groups in total. The fraction of sp³-hybridized carbons (Fsp3) is 0.308. The molecule has 0 bridgehead atoms. The van der Waals surface area contributed by atoms with Gasteiger partial charge in [-0.15, -0.1) is 0 Å². The van der Waals surface area contributed by atoms with Crippen LogP contribution in [0.5, 0.6) is 0 Å². The van der Waals surface area contributed by atoms with Crippen molar-refractivity contribution in [2.75, 3.05) is 18.0 Å². The highest BCUT2D eigenvalue weighted by Gasteiger charge is 2.19. The quantitative estimate of drug-likeness (QED) is 0.785. The predicted molar refractivity (Wildman–Crippen MR) is 66.5 cm³/mol. The van der Waals surface area contributed by atoms with Crippen LogP contribution in [-0.4, -0.2) is 24.1 Å². The number of nitrogens with zero attached hydrogens (tertiary/aromatic N) is 2. The molecule has 82 valence electrons. The van der Waals surface area contributed by atoms with E-state index in [2.05, 4.69) is 34.1 Å². The molecule has 0 aliphatic carbocycles. The maximum Gasteiger partial charge on any atom is 0.0703 e. The lowest BCUT2D eigenvalue weighted by Crippen LogP contribution is -2.26. The standard InChI is InChI=1S/C13H15N3/c14-11-5-7-16(9-11)12-3-4-13-10(8-12)2-1-6-15-13/h1-4,6,8,11H,5,7,9,14H2. The van der Waals surface area contributed by atoms with Crippen LogP contribution in [0.2, 0.25) is 0 Å². The van der Waals surface area contributed by atoms with Crippen molar-refractivity contribution in [3.05, 3.63) is 36.5 Å². The van der Waals surface area contributed by atoms with Gasteiger partial charge < -0.3 is 10.6 Å². The summed E-state index contributed by atoms with van der Waals surface area (Å²) in [7, 11) is 0. The van der Waals surface area contributed by atoms with Gasteiger partial charge in [0.05, 0.1) is 5.52 Å². The molecule has 0 saturated carbocycles. The van der Waals surface area contributed by atoms with E-state index in [9.17, 15) is 0 Å². The zero-order valence-corrected chi connectivity index (χ0v) is 9.13. The van der Waals surface area contributed by atoms with E-state index in [0.29, 0.717) is 6.04 Å². The predicted octanol–water partition coefficient (Wildman–Crippen LogP) is 1.77. The van der Waals surface area contributed by atoms with Gasteiger partial charge in [-0.2, -0.15) is 0 Å². The van der Waals surface area contributed by atoms with Gasteiger partial charge in [0, 0.05) is 36.4 Å². The van der Waals surface area contributed by atoms with Crippen molar-refractivity contribution in [2.24, 2.45) is 5.73 Å². The van der Waals surface area contributed by atoms with E-state index in [1.54, 1.807) is 0 Å². The van der Waals surface area contributed by atoms with E-state index in [1.807, 2.05) is 12.3 Å². The molecule has 16 heavy (non-hydrogen) atoms. The van der Waals surface area contributed by atoms with Crippen molar-refractivity contribution in [1.82, 2.24) is 4.98 Å². The highest BCUT2D eigenvalue weighted by Crippen LogP contribution is 2.23. The van der Waals surface area contributed by atoms with E-state index in [0.717, 1.165) is 25.0 Å². The van der Waals surface area contributed by atoms with Gasteiger partial charge in [0.15, 0.2) is 0 Å². The van der Waals surface area contributed by atoms with Crippen LogP contribution < -0.4 is 10.6 Å². The van der Waals surface area contributed by atoms with Gasteiger partial charge in [0.1, 0.15) is 0 Å². The molecule has 2 heterocycles. The summed E-state index contributed by atoms with van der Waals surface area (Å²) in [5, 5.41) is 1.19. The largest absolute Gasteiger partial charge is 0.370 e. The van der Waals surface area contributed by atoms with E-state index in [4.69, 9.17) is 5.73 Å². The molecule has 1 saturated heterocycles. The first-order valence-electron chi connectivity index (χ1n) is 5.68. The number of fused-ring (bicyclic) bond motifs is 1. The van der Waals surface area contributed by atoms with Gasteiger partial charge in [-0.3, -0.25) is 4.98 Å². The first-order valence-corrected chi connectivity index (χ1v) is 5.68. The fourth-order valence-electron chi connectivity index (χ4n) is 2.28. The van der Waals surface area contributed by atoms with Crippen molar-refractivity contribution in [3.8, 4) is 0 Å². The SMILES string of the molecule is NC1CCN(c2ccc3ncccc3c2)C1. The number of benzene rings is 1. The molecule has 3 heteroatoms. The van der Waals surface area contributed by atoms with Crippen molar-refractivity contribution in [3.63, 3.8) is 0 Å². The first-order chi connectivity index (χ1) is 7.83. The second-order valence-corrected chi connectivity index (χ2v) is 4.38. The second kappa shape index (κ2) is 3.76. The van der Waals surface area contributed by atoms with Crippen LogP contribution >= 0.6 is 0 Å². The minimum absolute atomic E-state index is 0.324. The summed E-state index contributed by atoms with van der Waals surface area (Å²) in [5.74, 6) is 0. The molecule has 1 aliphatic rings. The van der Waals surface area contributed by atoms with Crippen LogP contribution in [0, 0.1) is 0 Å². The Balaban J connectivity index is 1.99. The summed E-state index contributed by atoms with van der Waals surface area (Å²) in [6, 6.07) is 10.8. The van der Waals surface area contributed by atoms with Crippen LogP contribution in [0.3, 0.4) is 0 Å². The molecule has 1 aromatic carbocycles. The lowest BCUT2D eigenvalue weighted by molar-refractivity contribution is 0.752. The molecule has 0 radical (unpaired) electrons. The molecular formula is C13H15N3. The third-order valence-electron chi connectivity index (χ3n) is 3.18. The van der Waals surface area contributed by atoms with Gasteiger partial charge in [-0.05, 0) is 30.7 Å². The maximum absolute atomic E-state index is 5.92. The maximum atomic E-state index is 5.92. The average Bonchev–Trinajstić information content (AvgIpc) is 2.75. The Bertz CT molecular complexity index is 509. The Morgan fingerprint density at radius 3 is 3.06 bits per heavy atom. The normalized spacial score (nSPS) is 20.6. The van der Waals surface area contributed by atoms with Gasteiger partial charge >= 0.3 is 0 Å². The first kappa shape index (κ1) is 9.60. The summed E-state index contributed by atoms with van der Waals surface area (Å²) in [5.41, 5.74) is 8.23. The minimum Gasteiger partial charge on any atom is -0.370 e. The van der Waals surface area contributed by atoms with Crippen molar-refractivity contribution in [1.29, 1.82) is 0 Å². The molecule has 1 aliphatic heterocycles. The number of pyridine rings is 1. The minimum atomic E-state index is 0.324. The lowest BCUT2D eigenvalue weighted by Gasteiger charge is -2.18. The van der Waals surface area contributed by atoms with Gasteiger partial charge in [0.25, 0.3) is 0 Å². The van der Waals surface area contributed by atoms with Crippen LogP contribution in [0.25, 0.3) is 10.9 Å². The summed E-state index contributed by atoms with van der Waals surface area (Å²) < 4.78 is 0. The van der Waals surface area contributed by atoms with E-state index < -0.39 is 0 Å². The lowest BCUT2D eigenvalue weighted by atomic mass is 10.2. The topological polar surface area (TPSA) is 42.1 Å². The van der Waals surface area contributed by atoms with Gasteiger partial charge in [-0.25, -0.2) is 0 Å². The summed E-state index contributed by atoms with van der Waals surface area (Å²) in [6.07, 6.45) is 2.92. The fourth-order valence-corrected chi connectivity index (χ4v) is 2.28. The van der Waals surface area contributed by atoms with Crippen LogP contribution in [0.15, 0.2) is 36.5 Å². The Morgan fingerprint density at radius 2 is 2.25 bits per heavy atom. The Kier molecular flexibility index (Phi) is 2.26. The van der Waals surface area contributed by atoms with E-state index >= 15 is 0 Å². The molecule has 1 fully saturated rings. The molecule has 3 rings (SSSR count).